The highest BCUT2D eigenvalue weighted by atomic mass is 15.2. The van der Waals surface area contributed by atoms with E-state index in [0.29, 0.717) is 0 Å². The Labute approximate surface area is 121 Å². The molecule has 0 fully saturated rings. The highest BCUT2D eigenvalue weighted by Crippen LogP contribution is 1.84. The molecule has 0 aliphatic carbocycles. The molecule has 0 radical (unpaired) electrons. The zero-order valence-electron chi connectivity index (χ0n) is 9.17. The molecular formula is C15H47N3. The third-order valence-corrected chi connectivity index (χ3v) is 1.86. The van der Waals surface area contributed by atoms with Gasteiger partial charge in [-0.05, 0) is 35.2 Å². The van der Waals surface area contributed by atoms with Crippen molar-refractivity contribution in [3.05, 3.63) is 0 Å². The highest BCUT2D eigenvalue weighted by molar-refractivity contribution is 4.55. The molecule has 122 valence electrons. The van der Waals surface area contributed by atoms with E-state index in [1.54, 1.807) is 0 Å². The quantitative estimate of drug-likeness (QED) is 0.725. The van der Waals surface area contributed by atoms with Gasteiger partial charge in [0.1, 0.15) is 0 Å². The second-order valence-electron chi connectivity index (χ2n) is 3.91. The van der Waals surface area contributed by atoms with Crippen molar-refractivity contribution in [3.63, 3.8) is 0 Å². The maximum Gasteiger partial charge on any atom is 0.0107 e. The summed E-state index contributed by atoms with van der Waals surface area (Å²) >= 11 is 0. The van der Waals surface area contributed by atoms with Crippen LogP contribution in [0.3, 0.4) is 0 Å². The molecule has 0 aliphatic rings. The van der Waals surface area contributed by atoms with Crippen molar-refractivity contribution in [3.8, 4) is 0 Å². The molecule has 0 aromatic heterocycles. The molecule has 0 aromatic rings. The van der Waals surface area contributed by atoms with Gasteiger partial charge >= 0.3 is 0 Å². The van der Waals surface area contributed by atoms with Gasteiger partial charge in [0.25, 0.3) is 0 Å². The van der Waals surface area contributed by atoms with Crippen molar-refractivity contribution in [2.45, 2.75) is 44.6 Å². The molecular weight excluding hydrogens is 222 g/mol. The Hall–Kier alpha value is -0.120. The number of hydrogen-bond donors (Lipinski definition) is 0. The minimum atomic E-state index is 0. The largest absolute Gasteiger partial charge is 0.308 e. The second kappa shape index (κ2) is 25.7. The zero-order chi connectivity index (χ0) is 9.56. The van der Waals surface area contributed by atoms with E-state index in [0.717, 1.165) is 26.2 Å². The van der Waals surface area contributed by atoms with Crippen molar-refractivity contribution in [1.29, 1.82) is 0 Å². The van der Waals surface area contributed by atoms with Gasteiger partial charge in [-0.3, -0.25) is 0 Å². The molecule has 0 heterocycles. The Bertz CT molecular complexity index is 91.9. The first-order valence-corrected chi connectivity index (χ1v) is 4.50. The van der Waals surface area contributed by atoms with Crippen molar-refractivity contribution >= 4 is 0 Å². The predicted molar refractivity (Wildman–Crippen MR) is 95.0 cm³/mol. The molecule has 18 heavy (non-hydrogen) atoms. The van der Waals surface area contributed by atoms with Crippen molar-refractivity contribution in [2.75, 3.05) is 61.4 Å². The lowest BCUT2D eigenvalue weighted by Gasteiger charge is -2.20. The van der Waals surface area contributed by atoms with Gasteiger partial charge in [-0.25, -0.2) is 0 Å². The molecule has 3 nitrogen and oxygen atoms in total. The van der Waals surface area contributed by atoms with Crippen LogP contribution in [0.25, 0.3) is 0 Å². The summed E-state index contributed by atoms with van der Waals surface area (Å²) in [6, 6.07) is 0. The van der Waals surface area contributed by atoms with Crippen molar-refractivity contribution in [1.82, 2.24) is 14.7 Å². The molecule has 0 amide bonds. The molecule has 0 spiro atoms. The van der Waals surface area contributed by atoms with E-state index in [9.17, 15) is 0 Å². The van der Waals surface area contributed by atoms with Gasteiger partial charge in [0.2, 0.25) is 0 Å². The average molecular weight is 270 g/mol. The summed E-state index contributed by atoms with van der Waals surface area (Å²) in [6.07, 6.45) is 0. The van der Waals surface area contributed by atoms with E-state index in [2.05, 4.69) is 49.9 Å². The maximum absolute atomic E-state index is 2.36. The molecule has 0 saturated heterocycles. The molecule has 0 unspecified atom stereocenters. The first kappa shape index (κ1) is 43.0. The second-order valence-corrected chi connectivity index (χ2v) is 3.91. The Kier molecular flexibility index (Phi) is 61.4. The first-order valence-electron chi connectivity index (χ1n) is 4.50. The van der Waals surface area contributed by atoms with Crippen molar-refractivity contribution in [2.24, 2.45) is 0 Å². The fourth-order valence-electron chi connectivity index (χ4n) is 0.853. The highest BCUT2D eigenvalue weighted by Gasteiger charge is 1.98. The fourth-order valence-corrected chi connectivity index (χ4v) is 0.853. The van der Waals surface area contributed by atoms with Crippen LogP contribution in [-0.2, 0) is 0 Å². The van der Waals surface area contributed by atoms with E-state index in [-0.39, 0.29) is 44.6 Å². The lowest BCUT2D eigenvalue weighted by atomic mass is 10.4. The SMILES string of the molecule is C.C.C.C.C.C.CN(C)CCN(C)CCN(C)C. The number of rotatable bonds is 6. The van der Waals surface area contributed by atoms with Crippen LogP contribution in [0.5, 0.6) is 0 Å². The Morgan fingerprint density at radius 1 is 0.444 bits per heavy atom. The standard InChI is InChI=1S/C9H23N3.6CH4/c1-10(2)6-8-12(5)9-7-11(3)4;;;;;;/h6-9H2,1-5H3;6*1H4. The summed E-state index contributed by atoms with van der Waals surface area (Å²) in [6.45, 7) is 4.59. The van der Waals surface area contributed by atoms with Gasteiger partial charge in [-0.15, -0.1) is 0 Å². The van der Waals surface area contributed by atoms with Crippen LogP contribution in [0.2, 0.25) is 0 Å². The molecule has 0 aliphatic heterocycles. The summed E-state index contributed by atoms with van der Waals surface area (Å²) in [5, 5.41) is 0. The van der Waals surface area contributed by atoms with E-state index in [4.69, 9.17) is 0 Å². The third-order valence-electron chi connectivity index (χ3n) is 1.86. The van der Waals surface area contributed by atoms with Crippen LogP contribution < -0.4 is 0 Å². The fraction of sp³-hybridized carbons (Fsp3) is 1.00. The van der Waals surface area contributed by atoms with E-state index < -0.39 is 0 Å². The molecule has 0 atom stereocenters. The summed E-state index contributed by atoms with van der Waals surface area (Å²) in [5.41, 5.74) is 0. The Balaban J connectivity index is -0.0000000403. The van der Waals surface area contributed by atoms with E-state index in [1.165, 1.54) is 0 Å². The summed E-state index contributed by atoms with van der Waals surface area (Å²) in [7, 11) is 10.6. The lowest BCUT2D eigenvalue weighted by Crippen LogP contribution is -2.33. The third kappa shape index (κ3) is 36.0. The van der Waals surface area contributed by atoms with Crippen LogP contribution in [0, 0.1) is 0 Å². The van der Waals surface area contributed by atoms with Gasteiger partial charge in [0.15, 0.2) is 0 Å². The van der Waals surface area contributed by atoms with Gasteiger partial charge in [-0.2, -0.15) is 0 Å². The zero-order valence-corrected chi connectivity index (χ0v) is 9.17. The van der Waals surface area contributed by atoms with E-state index in [1.807, 2.05) is 0 Å². The average Bonchev–Trinajstić information content (AvgIpc) is 1.96. The number of nitrogens with zero attached hydrogens (tertiary/aromatic N) is 3. The molecule has 0 aromatic carbocycles. The normalized spacial score (nSPS) is 8.00. The van der Waals surface area contributed by atoms with Gasteiger partial charge in [0, 0.05) is 26.2 Å². The first-order chi connectivity index (χ1) is 5.52. The van der Waals surface area contributed by atoms with Gasteiger partial charge < -0.3 is 14.7 Å². The monoisotopic (exact) mass is 269 g/mol. The smallest absolute Gasteiger partial charge is 0.0107 e. The molecule has 0 rings (SSSR count). The van der Waals surface area contributed by atoms with Crippen LogP contribution in [0.15, 0.2) is 0 Å². The van der Waals surface area contributed by atoms with Crippen LogP contribution in [0.1, 0.15) is 44.6 Å². The molecule has 0 N–H and O–H groups in total. The van der Waals surface area contributed by atoms with Gasteiger partial charge in [-0.1, -0.05) is 44.6 Å². The maximum atomic E-state index is 2.36. The summed E-state index contributed by atoms with van der Waals surface area (Å²) < 4.78 is 0. The minimum absolute atomic E-state index is 0. The summed E-state index contributed by atoms with van der Waals surface area (Å²) in [4.78, 5) is 6.79. The van der Waals surface area contributed by atoms with Crippen LogP contribution in [0.4, 0.5) is 0 Å². The number of hydrogen-bond acceptors (Lipinski definition) is 3. The van der Waals surface area contributed by atoms with E-state index >= 15 is 0 Å². The predicted octanol–water partition coefficient (Wildman–Crippen LogP) is 3.86. The molecule has 0 bridgehead atoms. The summed E-state index contributed by atoms with van der Waals surface area (Å²) in [5.74, 6) is 0. The Morgan fingerprint density at radius 3 is 0.833 bits per heavy atom. The van der Waals surface area contributed by atoms with Crippen molar-refractivity contribution < 1.29 is 0 Å². The topological polar surface area (TPSA) is 9.72 Å². The van der Waals surface area contributed by atoms with Gasteiger partial charge in [0.05, 0.1) is 0 Å². The molecule has 0 saturated carbocycles. The van der Waals surface area contributed by atoms with Crippen LogP contribution in [-0.4, -0.2) is 76.1 Å². The number of likely N-dealkylation sites (N-methyl/N-ethyl adjacent to an activating group) is 3. The Morgan fingerprint density at radius 2 is 0.667 bits per heavy atom. The van der Waals surface area contributed by atoms with Crippen LogP contribution >= 0.6 is 0 Å². The lowest BCUT2D eigenvalue weighted by molar-refractivity contribution is 0.254. The minimum Gasteiger partial charge on any atom is -0.308 e. The molecule has 3 heteroatoms.